The van der Waals surface area contributed by atoms with Gasteiger partial charge in [-0.15, -0.1) is 0 Å². The summed E-state index contributed by atoms with van der Waals surface area (Å²) >= 11 is 0. The van der Waals surface area contributed by atoms with Crippen molar-refractivity contribution in [3.05, 3.63) is 12.2 Å². The summed E-state index contributed by atoms with van der Waals surface area (Å²) in [7, 11) is 0. The number of carbonyl (C=O) groups is 2. The Hall–Kier alpha value is -1.40. The molecule has 0 aromatic carbocycles. The van der Waals surface area contributed by atoms with Gasteiger partial charge in [-0.2, -0.15) is 0 Å². The molecule has 1 rings (SSSR count). The zero-order chi connectivity index (χ0) is 49.7. The molecule has 0 bridgehead atoms. The van der Waals surface area contributed by atoms with E-state index in [0.717, 1.165) is 19.3 Å². The lowest BCUT2D eigenvalue weighted by Gasteiger charge is -2.27. The van der Waals surface area contributed by atoms with Crippen LogP contribution in [0.25, 0.3) is 0 Å². The molecule has 0 radical (unpaired) electrons. The molecule has 1 saturated heterocycles. The third-order valence-corrected chi connectivity index (χ3v) is 15.5. The Morgan fingerprint density at radius 3 is 0.899 bits per heavy atom. The summed E-state index contributed by atoms with van der Waals surface area (Å²) in [6.45, 7) is 1.20. The maximum Gasteiger partial charge on any atom is 0.309 e. The monoisotopic (exact) mass is 973 g/mol. The topological polar surface area (TPSA) is 93.1 Å². The molecule has 2 N–H and O–H groups in total. The molecule has 1 heterocycles. The molecule has 69 heavy (non-hydrogen) atoms. The Balaban J connectivity index is 1.69. The quantitative estimate of drug-likeness (QED) is 0.0358. The van der Waals surface area contributed by atoms with Crippen molar-refractivity contribution in [1.82, 2.24) is 0 Å². The molecule has 0 aromatic heterocycles. The van der Waals surface area contributed by atoms with Crippen LogP contribution in [0, 0.1) is 11.3 Å². The third kappa shape index (κ3) is 45.0. The summed E-state index contributed by atoms with van der Waals surface area (Å²) < 4.78 is 10.6. The second-order valence-electron chi connectivity index (χ2n) is 22.4. The zero-order valence-electron chi connectivity index (χ0n) is 46.4. The third-order valence-electron chi connectivity index (χ3n) is 15.5. The second-order valence-corrected chi connectivity index (χ2v) is 22.4. The van der Waals surface area contributed by atoms with Crippen molar-refractivity contribution < 1.29 is 29.3 Å². The van der Waals surface area contributed by atoms with Crippen LogP contribution >= 0.6 is 0 Å². The van der Waals surface area contributed by atoms with Crippen LogP contribution in [0.2, 0.25) is 0 Å². The number of unbranched alkanes of at least 4 members (excludes halogenated alkanes) is 48. The second kappa shape index (κ2) is 52.9. The number of aliphatic hydroxyl groups excluding tert-OH is 2. The predicted molar refractivity (Wildman–Crippen MR) is 297 cm³/mol. The number of esters is 2. The van der Waals surface area contributed by atoms with Gasteiger partial charge in [0.2, 0.25) is 0 Å². The molecule has 0 amide bonds. The fourth-order valence-electron chi connectivity index (χ4n) is 10.4. The van der Waals surface area contributed by atoms with E-state index in [9.17, 15) is 19.8 Å². The average Bonchev–Trinajstić information content (AvgIpc) is 3.41. The van der Waals surface area contributed by atoms with Crippen LogP contribution in [0.15, 0.2) is 12.2 Å². The summed E-state index contributed by atoms with van der Waals surface area (Å²) in [5, 5.41) is 19.2. The van der Waals surface area contributed by atoms with E-state index < -0.39 is 36.5 Å². The molecule has 0 saturated carbocycles. The van der Waals surface area contributed by atoms with Gasteiger partial charge < -0.3 is 19.7 Å². The Morgan fingerprint density at radius 1 is 0.377 bits per heavy atom. The van der Waals surface area contributed by atoms with Gasteiger partial charge in [0.15, 0.2) is 0 Å². The van der Waals surface area contributed by atoms with Crippen molar-refractivity contribution in [1.29, 1.82) is 0 Å². The Bertz CT molecular complexity index is 1090. The van der Waals surface area contributed by atoms with Gasteiger partial charge in [-0.1, -0.05) is 314 Å². The van der Waals surface area contributed by atoms with Crippen LogP contribution in [0.1, 0.15) is 341 Å². The van der Waals surface area contributed by atoms with Crippen LogP contribution < -0.4 is 0 Å². The number of cyclic esters (lactones) is 2. The summed E-state index contributed by atoms with van der Waals surface area (Å²) in [5.41, 5.74) is -1.13. The number of hydrogen-bond acceptors (Lipinski definition) is 6. The fourth-order valence-corrected chi connectivity index (χ4v) is 10.4. The fraction of sp³-hybridized carbons (Fsp3) is 0.937. The minimum absolute atomic E-state index is 0.00204. The van der Waals surface area contributed by atoms with Gasteiger partial charge in [0.25, 0.3) is 0 Å². The molecule has 1 aliphatic rings. The van der Waals surface area contributed by atoms with Crippen LogP contribution in [0.5, 0.6) is 0 Å². The summed E-state index contributed by atoms with van der Waals surface area (Å²) in [6.07, 6.45) is 75.7. The molecular formula is C63H120O6. The van der Waals surface area contributed by atoms with Gasteiger partial charge >= 0.3 is 11.9 Å². The predicted octanol–water partition coefficient (Wildman–Crippen LogP) is 19.5. The van der Waals surface area contributed by atoms with E-state index in [1.54, 1.807) is 0 Å². The van der Waals surface area contributed by atoms with Crippen LogP contribution in [0.4, 0.5) is 0 Å². The zero-order valence-corrected chi connectivity index (χ0v) is 46.4. The molecule has 0 aliphatic carbocycles. The molecule has 1 fully saturated rings. The lowest BCUT2D eigenvalue weighted by atomic mass is 9.92. The summed E-state index contributed by atoms with van der Waals surface area (Å²) in [6, 6.07) is 0. The van der Waals surface area contributed by atoms with Gasteiger partial charge in [0.05, 0.1) is 31.0 Å². The molecule has 6 nitrogen and oxygen atoms in total. The molecule has 6 heteroatoms. The van der Waals surface area contributed by atoms with Crippen LogP contribution in [0.3, 0.4) is 0 Å². The van der Waals surface area contributed by atoms with Crippen molar-refractivity contribution in [2.45, 2.75) is 341 Å². The molecular weight excluding hydrogens is 853 g/mol. The number of hydrogen-bond donors (Lipinski definition) is 2. The minimum atomic E-state index is -1.13. The van der Waals surface area contributed by atoms with Crippen molar-refractivity contribution >= 4 is 11.9 Å². The Labute approximate surface area is 430 Å². The summed E-state index contributed by atoms with van der Waals surface area (Å²) in [5.74, 6) is -1.42. The standard InChI is InChI=1S/C63H120O6/c1-2-3-4-5-6-7-8-9-10-11-12-13-14-15-16-17-18-19-20-21-22-23-24-25-26-27-28-29-30-31-32-33-34-35-36-37-38-39-40-41-42-43-44-45-46-47-48-49-50-51-52-53-54-60-55-61(66)68-58-63(56-64,57-65)59-69-62(60)67/h45-46,60,64-65H,2-44,47-59H2,1H3/b46-45+. The molecule has 0 aromatic rings. The first-order chi connectivity index (χ1) is 34.1. The van der Waals surface area contributed by atoms with E-state index >= 15 is 0 Å². The smallest absolute Gasteiger partial charge is 0.309 e. The van der Waals surface area contributed by atoms with Crippen molar-refractivity contribution in [3.8, 4) is 0 Å². The van der Waals surface area contributed by atoms with Gasteiger partial charge in [-0.25, -0.2) is 0 Å². The van der Waals surface area contributed by atoms with Gasteiger partial charge in [0.1, 0.15) is 13.2 Å². The van der Waals surface area contributed by atoms with Gasteiger partial charge in [-0.05, 0) is 32.1 Å². The first-order valence-corrected chi connectivity index (χ1v) is 31.3. The van der Waals surface area contributed by atoms with E-state index in [-0.39, 0.29) is 19.6 Å². The largest absolute Gasteiger partial charge is 0.465 e. The van der Waals surface area contributed by atoms with E-state index in [2.05, 4.69) is 19.1 Å². The first-order valence-electron chi connectivity index (χ1n) is 31.3. The number of allylic oxidation sites excluding steroid dienone is 2. The lowest BCUT2D eigenvalue weighted by molar-refractivity contribution is -0.155. The SMILES string of the molecule is CCCCCCCCCCCCCCCCCCCCCCCCCCCCCCCCCCCCCCCCCCCC/C=C/CCCCCCCCC1CC(=O)OCC(CO)(CO)COC1=O. The highest BCUT2D eigenvalue weighted by Crippen LogP contribution is 2.25. The first kappa shape index (κ1) is 65.6. The van der Waals surface area contributed by atoms with Crippen molar-refractivity contribution in [3.63, 3.8) is 0 Å². The Morgan fingerprint density at radius 2 is 0.623 bits per heavy atom. The lowest BCUT2D eigenvalue weighted by Crippen LogP contribution is -2.40. The van der Waals surface area contributed by atoms with E-state index in [1.807, 2.05) is 0 Å². The van der Waals surface area contributed by atoms with Crippen molar-refractivity contribution in [2.24, 2.45) is 11.3 Å². The van der Waals surface area contributed by atoms with Crippen molar-refractivity contribution in [2.75, 3.05) is 26.4 Å². The number of ether oxygens (including phenoxy) is 2. The minimum Gasteiger partial charge on any atom is -0.465 e. The highest BCUT2D eigenvalue weighted by atomic mass is 16.6. The highest BCUT2D eigenvalue weighted by Gasteiger charge is 2.36. The van der Waals surface area contributed by atoms with Crippen LogP contribution in [-0.4, -0.2) is 48.6 Å². The average molecular weight is 974 g/mol. The highest BCUT2D eigenvalue weighted by molar-refractivity contribution is 5.80. The van der Waals surface area contributed by atoms with E-state index in [0.29, 0.717) is 6.42 Å². The molecule has 1 unspecified atom stereocenters. The van der Waals surface area contributed by atoms with Crippen LogP contribution in [-0.2, 0) is 19.1 Å². The Kier molecular flexibility index (Phi) is 50.3. The molecule has 1 aliphatic heterocycles. The number of carbonyl (C=O) groups excluding carboxylic acids is 2. The summed E-state index contributed by atoms with van der Waals surface area (Å²) in [4.78, 5) is 24.7. The molecule has 1 atom stereocenters. The van der Waals surface area contributed by atoms with Gasteiger partial charge in [-0.3, -0.25) is 9.59 Å². The normalized spacial score (nSPS) is 15.4. The number of aliphatic hydroxyl groups is 2. The maximum atomic E-state index is 12.5. The number of rotatable bonds is 54. The molecule has 0 spiro atoms. The van der Waals surface area contributed by atoms with E-state index in [4.69, 9.17) is 9.47 Å². The molecule has 408 valence electrons. The maximum absolute atomic E-state index is 12.5. The van der Waals surface area contributed by atoms with Gasteiger partial charge in [0, 0.05) is 0 Å². The van der Waals surface area contributed by atoms with E-state index in [1.165, 1.54) is 302 Å².